The lowest BCUT2D eigenvalue weighted by Crippen LogP contribution is -2.49. The Hall–Kier alpha value is -1.39. The molecule has 0 radical (unpaired) electrons. The number of carbonyl (C=O) groups excluding carboxylic acids is 1. The molecule has 4 heteroatoms. The highest BCUT2D eigenvalue weighted by molar-refractivity contribution is 5.83. The number of hydrogen-bond acceptors (Lipinski definition) is 3. The standard InChI is InChI=1S/C16H24N2O2/c1-13-3-5-14(6-4-13)11-18(2)15(19)16(12-17)7-9-20-10-8-16/h3-6H,7-12,17H2,1-2H3. The van der Waals surface area contributed by atoms with Gasteiger partial charge in [-0.1, -0.05) is 29.8 Å². The SMILES string of the molecule is Cc1ccc(CN(C)C(=O)C2(CN)CCOCC2)cc1. The first-order chi connectivity index (χ1) is 9.57. The minimum absolute atomic E-state index is 0.142. The van der Waals surface area contributed by atoms with Gasteiger partial charge in [-0.15, -0.1) is 0 Å². The zero-order valence-electron chi connectivity index (χ0n) is 12.4. The molecule has 1 aliphatic rings. The fraction of sp³-hybridized carbons (Fsp3) is 0.562. The van der Waals surface area contributed by atoms with Crippen molar-refractivity contribution in [2.24, 2.45) is 11.1 Å². The Morgan fingerprint density at radius 2 is 1.90 bits per heavy atom. The van der Waals surface area contributed by atoms with Crippen LogP contribution < -0.4 is 5.73 Å². The van der Waals surface area contributed by atoms with E-state index in [9.17, 15) is 4.79 Å². The molecule has 110 valence electrons. The Balaban J connectivity index is 2.05. The van der Waals surface area contributed by atoms with Crippen molar-refractivity contribution in [1.82, 2.24) is 4.90 Å². The summed E-state index contributed by atoms with van der Waals surface area (Å²) in [4.78, 5) is 14.5. The molecule has 4 nitrogen and oxygen atoms in total. The van der Waals surface area contributed by atoms with Crippen LogP contribution in [0.25, 0.3) is 0 Å². The predicted octanol–water partition coefficient (Wildman–Crippen LogP) is 1.71. The van der Waals surface area contributed by atoms with Gasteiger partial charge in [0.05, 0.1) is 5.41 Å². The van der Waals surface area contributed by atoms with E-state index in [0.717, 1.165) is 18.4 Å². The molecule has 0 bridgehead atoms. The molecule has 1 aliphatic heterocycles. The van der Waals surface area contributed by atoms with Gasteiger partial charge in [0.1, 0.15) is 0 Å². The van der Waals surface area contributed by atoms with Gasteiger partial charge < -0.3 is 15.4 Å². The molecule has 0 aromatic heterocycles. The van der Waals surface area contributed by atoms with Crippen LogP contribution in [0.5, 0.6) is 0 Å². The minimum Gasteiger partial charge on any atom is -0.381 e. The fourth-order valence-electron chi connectivity index (χ4n) is 2.71. The second kappa shape index (κ2) is 6.37. The third-order valence-electron chi connectivity index (χ3n) is 4.18. The molecule has 2 N–H and O–H groups in total. The summed E-state index contributed by atoms with van der Waals surface area (Å²) < 4.78 is 5.36. The van der Waals surface area contributed by atoms with Crippen LogP contribution in [0.4, 0.5) is 0 Å². The molecule has 1 fully saturated rings. The number of amides is 1. The first-order valence-electron chi connectivity index (χ1n) is 7.16. The van der Waals surface area contributed by atoms with Crippen LogP contribution in [0.2, 0.25) is 0 Å². The maximum absolute atomic E-state index is 12.7. The number of rotatable bonds is 4. The van der Waals surface area contributed by atoms with E-state index >= 15 is 0 Å². The maximum Gasteiger partial charge on any atom is 0.230 e. The van der Waals surface area contributed by atoms with E-state index in [1.165, 1.54) is 5.56 Å². The third-order valence-corrected chi connectivity index (χ3v) is 4.18. The third kappa shape index (κ3) is 3.19. The second-order valence-corrected chi connectivity index (χ2v) is 5.74. The van der Waals surface area contributed by atoms with Gasteiger partial charge in [0, 0.05) is 33.4 Å². The zero-order valence-corrected chi connectivity index (χ0v) is 12.4. The molecule has 2 rings (SSSR count). The van der Waals surface area contributed by atoms with Crippen LogP contribution in [0.3, 0.4) is 0 Å². The molecule has 1 heterocycles. The van der Waals surface area contributed by atoms with E-state index in [2.05, 4.69) is 31.2 Å². The molecule has 20 heavy (non-hydrogen) atoms. The number of ether oxygens (including phenoxy) is 1. The summed E-state index contributed by atoms with van der Waals surface area (Å²) in [5, 5.41) is 0. The van der Waals surface area contributed by atoms with Gasteiger partial charge in [0.2, 0.25) is 5.91 Å². The van der Waals surface area contributed by atoms with Crippen molar-refractivity contribution >= 4 is 5.91 Å². The molecular weight excluding hydrogens is 252 g/mol. The van der Waals surface area contributed by atoms with Gasteiger partial charge >= 0.3 is 0 Å². The Morgan fingerprint density at radius 1 is 1.30 bits per heavy atom. The topological polar surface area (TPSA) is 55.6 Å². The molecule has 0 unspecified atom stereocenters. The lowest BCUT2D eigenvalue weighted by Gasteiger charge is -2.37. The molecule has 1 aromatic rings. The van der Waals surface area contributed by atoms with Gasteiger partial charge in [-0.05, 0) is 25.3 Å². The first-order valence-corrected chi connectivity index (χ1v) is 7.16. The normalized spacial score (nSPS) is 17.8. The number of nitrogens with zero attached hydrogens (tertiary/aromatic N) is 1. The largest absolute Gasteiger partial charge is 0.381 e. The highest BCUT2D eigenvalue weighted by Gasteiger charge is 2.40. The molecular formula is C16H24N2O2. The molecule has 0 saturated carbocycles. The van der Waals surface area contributed by atoms with Gasteiger partial charge in [-0.2, -0.15) is 0 Å². The van der Waals surface area contributed by atoms with Crippen molar-refractivity contribution in [2.75, 3.05) is 26.8 Å². The molecule has 1 saturated heterocycles. The van der Waals surface area contributed by atoms with Crippen molar-refractivity contribution in [2.45, 2.75) is 26.3 Å². The average Bonchev–Trinajstić information content (AvgIpc) is 2.49. The lowest BCUT2D eigenvalue weighted by atomic mass is 9.79. The summed E-state index contributed by atoms with van der Waals surface area (Å²) in [7, 11) is 1.86. The number of hydrogen-bond donors (Lipinski definition) is 1. The Kier molecular flexibility index (Phi) is 4.78. The summed E-state index contributed by atoms with van der Waals surface area (Å²) in [6.45, 7) is 4.34. The molecule has 0 atom stereocenters. The van der Waals surface area contributed by atoms with Crippen molar-refractivity contribution < 1.29 is 9.53 Å². The van der Waals surface area contributed by atoms with E-state index in [4.69, 9.17) is 10.5 Å². The van der Waals surface area contributed by atoms with Crippen LogP contribution in [-0.4, -0.2) is 37.6 Å². The molecule has 1 aromatic carbocycles. The highest BCUT2D eigenvalue weighted by atomic mass is 16.5. The number of aryl methyl sites for hydroxylation is 1. The van der Waals surface area contributed by atoms with Gasteiger partial charge in [0.15, 0.2) is 0 Å². The minimum atomic E-state index is -0.433. The second-order valence-electron chi connectivity index (χ2n) is 5.74. The van der Waals surface area contributed by atoms with Gasteiger partial charge in [0.25, 0.3) is 0 Å². The number of carbonyl (C=O) groups is 1. The number of nitrogens with two attached hydrogens (primary N) is 1. The predicted molar refractivity (Wildman–Crippen MR) is 79.2 cm³/mol. The molecule has 0 aliphatic carbocycles. The fourth-order valence-corrected chi connectivity index (χ4v) is 2.71. The van der Waals surface area contributed by atoms with Gasteiger partial charge in [-0.3, -0.25) is 4.79 Å². The van der Waals surface area contributed by atoms with E-state index in [0.29, 0.717) is 26.3 Å². The van der Waals surface area contributed by atoms with Crippen molar-refractivity contribution in [3.63, 3.8) is 0 Å². The first kappa shape index (κ1) is 15.0. The Bertz CT molecular complexity index is 450. The van der Waals surface area contributed by atoms with Crippen LogP contribution in [0.1, 0.15) is 24.0 Å². The van der Waals surface area contributed by atoms with E-state index in [-0.39, 0.29) is 5.91 Å². The van der Waals surface area contributed by atoms with Crippen molar-refractivity contribution in [1.29, 1.82) is 0 Å². The van der Waals surface area contributed by atoms with E-state index < -0.39 is 5.41 Å². The smallest absolute Gasteiger partial charge is 0.230 e. The zero-order chi connectivity index (χ0) is 14.6. The van der Waals surface area contributed by atoms with Gasteiger partial charge in [-0.25, -0.2) is 0 Å². The summed E-state index contributed by atoms with van der Waals surface area (Å²) >= 11 is 0. The van der Waals surface area contributed by atoms with Crippen LogP contribution in [0.15, 0.2) is 24.3 Å². The van der Waals surface area contributed by atoms with E-state index in [1.54, 1.807) is 4.90 Å². The summed E-state index contributed by atoms with van der Waals surface area (Å²) in [5.41, 5.74) is 7.83. The van der Waals surface area contributed by atoms with Crippen molar-refractivity contribution in [3.8, 4) is 0 Å². The summed E-state index contributed by atoms with van der Waals surface area (Å²) in [6.07, 6.45) is 1.45. The summed E-state index contributed by atoms with van der Waals surface area (Å²) in [5.74, 6) is 0.142. The average molecular weight is 276 g/mol. The number of benzene rings is 1. The summed E-state index contributed by atoms with van der Waals surface area (Å²) in [6, 6.07) is 8.28. The van der Waals surface area contributed by atoms with Crippen LogP contribution in [-0.2, 0) is 16.1 Å². The van der Waals surface area contributed by atoms with Crippen LogP contribution >= 0.6 is 0 Å². The Labute approximate surface area is 120 Å². The van der Waals surface area contributed by atoms with Crippen molar-refractivity contribution in [3.05, 3.63) is 35.4 Å². The monoisotopic (exact) mass is 276 g/mol. The molecule has 0 spiro atoms. The highest BCUT2D eigenvalue weighted by Crippen LogP contribution is 2.31. The quantitative estimate of drug-likeness (QED) is 0.911. The maximum atomic E-state index is 12.7. The molecule has 1 amide bonds. The Morgan fingerprint density at radius 3 is 2.45 bits per heavy atom. The van der Waals surface area contributed by atoms with Crippen LogP contribution in [0, 0.1) is 12.3 Å². The van der Waals surface area contributed by atoms with E-state index in [1.807, 2.05) is 7.05 Å². The lowest BCUT2D eigenvalue weighted by molar-refractivity contribution is -0.146.